The molecule has 0 radical (unpaired) electrons. The van der Waals surface area contributed by atoms with Crippen molar-refractivity contribution in [3.63, 3.8) is 0 Å². The van der Waals surface area contributed by atoms with Crippen molar-refractivity contribution in [2.75, 3.05) is 0 Å². The molecular formula is C14H18F3NO2. The molecule has 112 valence electrons. The van der Waals surface area contributed by atoms with Crippen LogP contribution in [-0.4, -0.2) is 23.3 Å². The zero-order valence-corrected chi connectivity index (χ0v) is 11.2. The molecule has 0 aliphatic carbocycles. The largest absolute Gasteiger partial charge is 0.480 e. The maximum absolute atomic E-state index is 12.0. The topological polar surface area (TPSA) is 49.3 Å². The summed E-state index contributed by atoms with van der Waals surface area (Å²) in [6, 6.07) is 7.36. The van der Waals surface area contributed by atoms with Gasteiger partial charge in [-0.3, -0.25) is 10.1 Å². The molecular weight excluding hydrogens is 271 g/mol. The van der Waals surface area contributed by atoms with Crippen LogP contribution in [0, 0.1) is 0 Å². The van der Waals surface area contributed by atoms with Crippen molar-refractivity contribution in [3.05, 3.63) is 35.9 Å². The molecule has 0 saturated heterocycles. The van der Waals surface area contributed by atoms with Gasteiger partial charge >= 0.3 is 12.1 Å². The molecule has 1 aromatic rings. The number of hydrogen-bond acceptors (Lipinski definition) is 2. The van der Waals surface area contributed by atoms with Gasteiger partial charge in [-0.1, -0.05) is 30.3 Å². The highest BCUT2D eigenvalue weighted by molar-refractivity contribution is 5.75. The Balaban J connectivity index is 2.52. The van der Waals surface area contributed by atoms with Crippen LogP contribution >= 0.6 is 0 Å². The zero-order valence-electron chi connectivity index (χ0n) is 11.2. The first-order chi connectivity index (χ1) is 9.29. The molecule has 0 fully saturated rings. The molecule has 0 aromatic heterocycles. The van der Waals surface area contributed by atoms with Crippen molar-refractivity contribution in [1.82, 2.24) is 5.32 Å². The van der Waals surface area contributed by atoms with E-state index < -0.39 is 24.6 Å². The summed E-state index contributed by atoms with van der Waals surface area (Å²) < 4.78 is 36.1. The van der Waals surface area contributed by atoms with Gasteiger partial charge in [0.05, 0.1) is 0 Å². The lowest BCUT2D eigenvalue weighted by Crippen LogP contribution is -2.35. The molecule has 2 unspecified atom stereocenters. The molecule has 20 heavy (non-hydrogen) atoms. The van der Waals surface area contributed by atoms with E-state index in [4.69, 9.17) is 0 Å². The van der Waals surface area contributed by atoms with Gasteiger partial charge in [-0.2, -0.15) is 13.2 Å². The number of hydrogen-bond donors (Lipinski definition) is 2. The smallest absolute Gasteiger partial charge is 0.389 e. The Morgan fingerprint density at radius 2 is 1.90 bits per heavy atom. The van der Waals surface area contributed by atoms with Gasteiger partial charge in [0.1, 0.15) is 6.04 Å². The molecule has 2 atom stereocenters. The average Bonchev–Trinajstić information content (AvgIpc) is 2.35. The molecule has 0 saturated carbocycles. The van der Waals surface area contributed by atoms with E-state index in [1.807, 2.05) is 0 Å². The van der Waals surface area contributed by atoms with E-state index in [1.165, 1.54) is 0 Å². The normalized spacial score (nSPS) is 14.8. The minimum atomic E-state index is -4.16. The third-order valence-corrected chi connectivity index (χ3v) is 2.93. The van der Waals surface area contributed by atoms with E-state index in [1.54, 1.807) is 37.3 Å². The van der Waals surface area contributed by atoms with Crippen LogP contribution < -0.4 is 5.32 Å². The highest BCUT2D eigenvalue weighted by atomic mass is 19.4. The lowest BCUT2D eigenvalue weighted by Gasteiger charge is -2.20. The summed E-state index contributed by atoms with van der Waals surface area (Å²) >= 11 is 0. The predicted octanol–water partition coefficient (Wildman–Crippen LogP) is 3.52. The van der Waals surface area contributed by atoms with Crippen molar-refractivity contribution in [3.8, 4) is 0 Å². The second-order valence-electron chi connectivity index (χ2n) is 4.76. The molecule has 0 bridgehead atoms. The van der Waals surface area contributed by atoms with E-state index in [2.05, 4.69) is 5.32 Å². The Bertz CT molecular complexity index is 420. The fraction of sp³-hybridized carbons (Fsp3) is 0.500. The fourth-order valence-corrected chi connectivity index (χ4v) is 1.93. The number of nitrogens with one attached hydrogen (secondary N) is 1. The van der Waals surface area contributed by atoms with E-state index >= 15 is 0 Å². The van der Waals surface area contributed by atoms with Crippen LogP contribution in [-0.2, 0) is 4.79 Å². The Hall–Kier alpha value is -1.56. The summed E-state index contributed by atoms with van der Waals surface area (Å²) in [6.45, 7) is 1.69. The standard InChI is InChI=1S/C14H18F3NO2/c1-10(6-5-9-14(15,16)17)18-12(13(19)20)11-7-3-2-4-8-11/h2-4,7-8,10,12,18H,5-6,9H2,1H3,(H,19,20). The van der Waals surface area contributed by atoms with E-state index in [-0.39, 0.29) is 18.9 Å². The van der Waals surface area contributed by atoms with Crippen LogP contribution in [0.5, 0.6) is 0 Å². The fourth-order valence-electron chi connectivity index (χ4n) is 1.93. The number of aliphatic carboxylic acids is 1. The van der Waals surface area contributed by atoms with E-state index in [0.717, 1.165) is 0 Å². The lowest BCUT2D eigenvalue weighted by atomic mass is 10.0. The van der Waals surface area contributed by atoms with E-state index in [9.17, 15) is 23.1 Å². The van der Waals surface area contributed by atoms with Gasteiger partial charge in [-0.25, -0.2) is 0 Å². The molecule has 6 heteroatoms. The van der Waals surface area contributed by atoms with Crippen molar-refractivity contribution in [1.29, 1.82) is 0 Å². The summed E-state index contributed by atoms with van der Waals surface area (Å²) in [5, 5.41) is 12.0. The summed E-state index contributed by atoms with van der Waals surface area (Å²) in [5.74, 6) is -1.04. The van der Waals surface area contributed by atoms with Gasteiger partial charge in [0.15, 0.2) is 0 Å². The predicted molar refractivity (Wildman–Crippen MR) is 69.3 cm³/mol. The quantitative estimate of drug-likeness (QED) is 0.807. The maximum atomic E-state index is 12.0. The summed E-state index contributed by atoms with van der Waals surface area (Å²) in [5.41, 5.74) is 0.586. The molecule has 0 aliphatic rings. The Morgan fingerprint density at radius 1 is 1.30 bits per heavy atom. The third-order valence-electron chi connectivity index (χ3n) is 2.93. The first kappa shape index (κ1) is 16.5. The number of carboxylic acid groups (broad SMARTS) is 1. The average molecular weight is 289 g/mol. The number of carboxylic acids is 1. The Morgan fingerprint density at radius 3 is 2.40 bits per heavy atom. The number of rotatable bonds is 7. The van der Waals surface area contributed by atoms with Crippen molar-refractivity contribution >= 4 is 5.97 Å². The minimum Gasteiger partial charge on any atom is -0.480 e. The van der Waals surface area contributed by atoms with Crippen LogP contribution in [0.2, 0.25) is 0 Å². The second kappa shape index (κ2) is 7.28. The minimum absolute atomic E-state index is 0.0151. The third kappa shape index (κ3) is 6.06. The molecule has 1 rings (SSSR count). The number of alkyl halides is 3. The van der Waals surface area contributed by atoms with Gasteiger partial charge in [-0.05, 0) is 25.3 Å². The number of carbonyl (C=O) groups is 1. The summed E-state index contributed by atoms with van der Waals surface area (Å²) in [4.78, 5) is 11.2. The van der Waals surface area contributed by atoms with Crippen LogP contribution in [0.4, 0.5) is 13.2 Å². The van der Waals surface area contributed by atoms with Crippen LogP contribution in [0.25, 0.3) is 0 Å². The molecule has 1 aromatic carbocycles. The zero-order chi connectivity index (χ0) is 15.2. The van der Waals surface area contributed by atoms with Crippen molar-refractivity contribution in [2.24, 2.45) is 0 Å². The van der Waals surface area contributed by atoms with E-state index in [0.29, 0.717) is 5.56 Å². The first-order valence-electron chi connectivity index (χ1n) is 6.40. The Labute approximate surface area is 115 Å². The van der Waals surface area contributed by atoms with Crippen LogP contribution in [0.1, 0.15) is 37.8 Å². The highest BCUT2D eigenvalue weighted by Crippen LogP contribution is 2.23. The SMILES string of the molecule is CC(CCCC(F)(F)F)NC(C(=O)O)c1ccccc1. The molecule has 0 aliphatic heterocycles. The van der Waals surface area contributed by atoms with Gasteiger partial charge in [-0.15, -0.1) is 0 Å². The second-order valence-corrected chi connectivity index (χ2v) is 4.76. The summed E-state index contributed by atoms with van der Waals surface area (Å²) in [6.07, 6.45) is -4.75. The van der Waals surface area contributed by atoms with Gasteiger partial charge < -0.3 is 5.11 Å². The van der Waals surface area contributed by atoms with Crippen molar-refractivity contribution in [2.45, 2.75) is 44.4 Å². The van der Waals surface area contributed by atoms with Gasteiger partial charge in [0.25, 0.3) is 0 Å². The Kier molecular flexibility index (Phi) is 6.01. The van der Waals surface area contributed by atoms with Crippen LogP contribution in [0.15, 0.2) is 30.3 Å². The molecule has 2 N–H and O–H groups in total. The maximum Gasteiger partial charge on any atom is 0.389 e. The van der Waals surface area contributed by atoms with Crippen LogP contribution in [0.3, 0.4) is 0 Å². The van der Waals surface area contributed by atoms with Gasteiger partial charge in [0, 0.05) is 12.5 Å². The monoisotopic (exact) mass is 289 g/mol. The molecule has 3 nitrogen and oxygen atoms in total. The number of halogens is 3. The lowest BCUT2D eigenvalue weighted by molar-refractivity contribution is -0.140. The molecule has 0 heterocycles. The first-order valence-corrected chi connectivity index (χ1v) is 6.40. The highest BCUT2D eigenvalue weighted by Gasteiger charge is 2.27. The molecule has 0 spiro atoms. The number of benzene rings is 1. The van der Waals surface area contributed by atoms with Crippen molar-refractivity contribution < 1.29 is 23.1 Å². The summed E-state index contributed by atoms with van der Waals surface area (Å²) in [7, 11) is 0. The van der Waals surface area contributed by atoms with Gasteiger partial charge in [0.2, 0.25) is 0 Å². The molecule has 0 amide bonds.